The van der Waals surface area contributed by atoms with Crippen LogP contribution in [-0.2, 0) is 6.54 Å². The van der Waals surface area contributed by atoms with E-state index in [1.807, 2.05) is 36.4 Å². The van der Waals surface area contributed by atoms with E-state index in [9.17, 15) is 4.79 Å². The van der Waals surface area contributed by atoms with Crippen LogP contribution in [0.15, 0.2) is 91.0 Å². The summed E-state index contributed by atoms with van der Waals surface area (Å²) in [6.45, 7) is 10.8. The third-order valence-electron chi connectivity index (χ3n) is 8.24. The summed E-state index contributed by atoms with van der Waals surface area (Å²) in [5.74, 6) is 0.738. The van der Waals surface area contributed by atoms with Crippen LogP contribution < -0.4 is 5.32 Å². The molecule has 0 aromatic heterocycles. The van der Waals surface area contributed by atoms with Gasteiger partial charge in [0.25, 0.3) is 0 Å². The van der Waals surface area contributed by atoms with Gasteiger partial charge in [0, 0.05) is 38.3 Å². The Balaban J connectivity index is 1.15. The Bertz CT molecular complexity index is 1080. The Hall–Kier alpha value is -3.15. The van der Waals surface area contributed by atoms with Gasteiger partial charge in [-0.1, -0.05) is 91.0 Å². The van der Waals surface area contributed by atoms with Crippen molar-refractivity contribution < 1.29 is 4.79 Å². The lowest BCUT2D eigenvalue weighted by molar-refractivity contribution is 0.0457. The highest BCUT2D eigenvalue weighted by atomic mass is 16.2. The molecule has 0 aliphatic carbocycles. The Kier molecular flexibility index (Phi) is 8.77. The first kappa shape index (κ1) is 26.5. The van der Waals surface area contributed by atoms with Gasteiger partial charge in [-0.05, 0) is 62.4 Å². The summed E-state index contributed by atoms with van der Waals surface area (Å²) in [5, 5.41) is 3.36. The monoisotopic (exact) mass is 510 g/mol. The zero-order valence-corrected chi connectivity index (χ0v) is 22.9. The molecule has 2 fully saturated rings. The molecule has 5 heteroatoms. The minimum absolute atomic E-state index is 0.0246. The van der Waals surface area contributed by atoms with E-state index in [1.54, 1.807) is 0 Å². The van der Waals surface area contributed by atoms with E-state index in [0.717, 1.165) is 43.2 Å². The number of hydrogen-bond donors (Lipinski definition) is 1. The van der Waals surface area contributed by atoms with Crippen molar-refractivity contribution in [2.24, 2.45) is 5.92 Å². The molecule has 200 valence electrons. The summed E-state index contributed by atoms with van der Waals surface area (Å²) in [6, 6.07) is 31.6. The number of piperazine rings is 1. The summed E-state index contributed by atoms with van der Waals surface area (Å²) in [6.07, 6.45) is 2.51. The molecule has 2 unspecified atom stereocenters. The number of benzene rings is 3. The molecule has 5 rings (SSSR count). The van der Waals surface area contributed by atoms with E-state index in [2.05, 4.69) is 88.5 Å². The molecule has 2 heterocycles. The summed E-state index contributed by atoms with van der Waals surface area (Å²) < 4.78 is 0. The van der Waals surface area contributed by atoms with E-state index >= 15 is 0 Å². The molecule has 0 radical (unpaired) electrons. The number of rotatable bonds is 7. The Morgan fingerprint density at radius 1 is 0.763 bits per heavy atom. The van der Waals surface area contributed by atoms with Gasteiger partial charge in [0.15, 0.2) is 0 Å². The van der Waals surface area contributed by atoms with Crippen LogP contribution in [0, 0.1) is 5.92 Å². The molecule has 0 saturated carbocycles. The Labute approximate surface area is 228 Å². The molecular formula is C33H42N4O. The fraction of sp³-hybridized carbons (Fsp3) is 0.424. The number of urea groups is 1. The molecule has 3 aromatic rings. The maximum absolute atomic E-state index is 13.6. The Morgan fingerprint density at radius 3 is 1.79 bits per heavy atom. The van der Waals surface area contributed by atoms with Crippen molar-refractivity contribution in [3.05, 3.63) is 108 Å². The molecule has 2 amide bonds. The van der Waals surface area contributed by atoms with Gasteiger partial charge in [0.1, 0.15) is 0 Å². The third-order valence-corrected chi connectivity index (χ3v) is 8.24. The smallest absolute Gasteiger partial charge is 0.318 e. The SMILES string of the molecule is CC1CN(CC2CCN(Cc3ccccc3)CC2)CC(C)N1C(=O)NC(c1ccccc1)c1ccccc1. The number of piperidine rings is 1. The molecule has 2 atom stereocenters. The molecule has 2 saturated heterocycles. The number of nitrogens with zero attached hydrogens (tertiary/aromatic N) is 3. The molecule has 38 heavy (non-hydrogen) atoms. The second-order valence-corrected chi connectivity index (χ2v) is 11.2. The average molecular weight is 511 g/mol. The minimum Gasteiger partial charge on any atom is -0.327 e. The van der Waals surface area contributed by atoms with Crippen molar-refractivity contribution in [1.29, 1.82) is 0 Å². The highest BCUT2D eigenvalue weighted by molar-refractivity contribution is 5.76. The zero-order valence-electron chi connectivity index (χ0n) is 22.9. The average Bonchev–Trinajstić information content (AvgIpc) is 2.94. The van der Waals surface area contributed by atoms with Gasteiger partial charge in [-0.25, -0.2) is 4.79 Å². The van der Waals surface area contributed by atoms with Crippen molar-refractivity contribution in [2.75, 3.05) is 32.7 Å². The predicted molar refractivity (Wildman–Crippen MR) is 155 cm³/mol. The Morgan fingerprint density at radius 2 is 1.26 bits per heavy atom. The van der Waals surface area contributed by atoms with E-state index < -0.39 is 0 Å². The molecule has 2 aliphatic rings. The fourth-order valence-electron chi connectivity index (χ4n) is 6.36. The van der Waals surface area contributed by atoms with Crippen LogP contribution in [0.3, 0.4) is 0 Å². The summed E-state index contributed by atoms with van der Waals surface area (Å²) in [5.41, 5.74) is 3.61. The van der Waals surface area contributed by atoms with Gasteiger partial charge < -0.3 is 10.2 Å². The predicted octanol–water partition coefficient (Wildman–Crippen LogP) is 5.79. The van der Waals surface area contributed by atoms with E-state index in [-0.39, 0.29) is 24.2 Å². The summed E-state index contributed by atoms with van der Waals surface area (Å²) in [4.78, 5) is 20.9. The van der Waals surface area contributed by atoms with Crippen molar-refractivity contribution in [1.82, 2.24) is 20.0 Å². The van der Waals surface area contributed by atoms with Crippen LogP contribution in [0.25, 0.3) is 0 Å². The molecule has 3 aromatic carbocycles. The number of carbonyl (C=O) groups is 1. The van der Waals surface area contributed by atoms with Crippen LogP contribution >= 0.6 is 0 Å². The first-order valence-electron chi connectivity index (χ1n) is 14.2. The van der Waals surface area contributed by atoms with Crippen molar-refractivity contribution >= 4 is 6.03 Å². The second kappa shape index (κ2) is 12.6. The number of carbonyl (C=O) groups excluding carboxylic acids is 1. The van der Waals surface area contributed by atoms with E-state index in [1.165, 1.54) is 31.5 Å². The first-order valence-corrected chi connectivity index (χ1v) is 14.2. The van der Waals surface area contributed by atoms with Gasteiger partial charge in [0.05, 0.1) is 6.04 Å². The maximum Gasteiger partial charge on any atom is 0.318 e. The zero-order chi connectivity index (χ0) is 26.3. The van der Waals surface area contributed by atoms with Crippen LogP contribution in [0.1, 0.15) is 49.4 Å². The van der Waals surface area contributed by atoms with Crippen LogP contribution in [-0.4, -0.2) is 65.5 Å². The molecule has 1 N–H and O–H groups in total. The fourth-order valence-corrected chi connectivity index (χ4v) is 6.36. The first-order chi connectivity index (χ1) is 18.6. The van der Waals surface area contributed by atoms with Gasteiger partial charge >= 0.3 is 6.03 Å². The lowest BCUT2D eigenvalue weighted by Crippen LogP contribution is -2.61. The van der Waals surface area contributed by atoms with E-state index in [0.29, 0.717) is 0 Å². The lowest BCUT2D eigenvalue weighted by atomic mass is 9.94. The number of likely N-dealkylation sites (tertiary alicyclic amines) is 1. The van der Waals surface area contributed by atoms with Gasteiger partial charge in [-0.15, -0.1) is 0 Å². The number of nitrogens with one attached hydrogen (secondary N) is 1. The quantitative estimate of drug-likeness (QED) is 0.437. The van der Waals surface area contributed by atoms with E-state index in [4.69, 9.17) is 0 Å². The largest absolute Gasteiger partial charge is 0.327 e. The normalized spacial score (nSPS) is 21.5. The molecular weight excluding hydrogens is 468 g/mol. The van der Waals surface area contributed by atoms with Crippen LogP contribution in [0.2, 0.25) is 0 Å². The molecule has 0 spiro atoms. The van der Waals surface area contributed by atoms with Gasteiger partial charge in [-0.3, -0.25) is 9.80 Å². The van der Waals surface area contributed by atoms with Gasteiger partial charge in [0.2, 0.25) is 0 Å². The maximum atomic E-state index is 13.6. The molecule has 0 bridgehead atoms. The standard InChI is InChI=1S/C33H42N4O/c1-26-22-36(25-29-18-20-35(21-19-29)24-28-12-6-3-7-13-28)23-27(2)37(26)33(38)34-32(30-14-8-4-9-15-30)31-16-10-5-11-17-31/h3-17,26-27,29,32H,18-25H2,1-2H3,(H,34,38). The van der Waals surface area contributed by atoms with Gasteiger partial charge in [-0.2, -0.15) is 0 Å². The minimum atomic E-state index is -0.164. The van der Waals surface area contributed by atoms with Crippen molar-refractivity contribution in [3.8, 4) is 0 Å². The van der Waals surface area contributed by atoms with Crippen molar-refractivity contribution in [3.63, 3.8) is 0 Å². The second-order valence-electron chi connectivity index (χ2n) is 11.2. The molecule has 2 aliphatic heterocycles. The van der Waals surface area contributed by atoms with Crippen LogP contribution in [0.4, 0.5) is 4.79 Å². The third kappa shape index (κ3) is 6.64. The highest BCUT2D eigenvalue weighted by Gasteiger charge is 2.35. The summed E-state index contributed by atoms with van der Waals surface area (Å²) in [7, 11) is 0. The number of hydrogen-bond acceptors (Lipinski definition) is 3. The molecule has 5 nitrogen and oxygen atoms in total. The summed E-state index contributed by atoms with van der Waals surface area (Å²) >= 11 is 0. The topological polar surface area (TPSA) is 38.8 Å². The number of amides is 2. The lowest BCUT2D eigenvalue weighted by Gasteiger charge is -2.46. The van der Waals surface area contributed by atoms with Crippen LogP contribution in [0.5, 0.6) is 0 Å². The van der Waals surface area contributed by atoms with Crippen molar-refractivity contribution in [2.45, 2.75) is 51.4 Å². The highest BCUT2D eigenvalue weighted by Crippen LogP contribution is 2.26.